The molecule has 0 atom stereocenters. The number of halogens is 1. The van der Waals surface area contributed by atoms with Gasteiger partial charge in [0.05, 0.1) is 5.69 Å². The molecule has 0 bridgehead atoms. The van der Waals surface area contributed by atoms with Gasteiger partial charge in [-0.25, -0.2) is 15.0 Å². The van der Waals surface area contributed by atoms with Crippen molar-refractivity contribution >= 4 is 23.3 Å². The Balaban J connectivity index is 1.43. The lowest BCUT2D eigenvalue weighted by atomic mass is 10.1. The molecule has 0 unspecified atom stereocenters. The highest BCUT2D eigenvalue weighted by Gasteiger charge is 2.07. The average Bonchev–Trinajstić information content (AvgIpc) is 3.03. The first-order valence-corrected chi connectivity index (χ1v) is 9.48. The SMILES string of the molecule is Cc1ncn(-c2cc(NCCNC(=O)CCc3cccc(Cl)c3)ncn2)c1C. The van der Waals surface area contributed by atoms with Gasteiger partial charge in [0, 0.05) is 36.3 Å². The Morgan fingerprint density at radius 2 is 2.00 bits per heavy atom. The van der Waals surface area contributed by atoms with Crippen molar-refractivity contribution in [2.75, 3.05) is 18.4 Å². The second-order valence-electron chi connectivity index (χ2n) is 6.45. The van der Waals surface area contributed by atoms with Crippen molar-refractivity contribution in [2.24, 2.45) is 0 Å². The molecule has 1 amide bonds. The third-order valence-corrected chi connectivity index (χ3v) is 4.67. The number of amides is 1. The lowest BCUT2D eigenvalue weighted by Crippen LogP contribution is -2.29. The van der Waals surface area contributed by atoms with E-state index in [1.165, 1.54) is 6.33 Å². The first kappa shape index (κ1) is 19.8. The highest BCUT2D eigenvalue weighted by molar-refractivity contribution is 6.30. The van der Waals surface area contributed by atoms with E-state index in [2.05, 4.69) is 25.6 Å². The van der Waals surface area contributed by atoms with Crippen LogP contribution in [0.4, 0.5) is 5.82 Å². The fraction of sp³-hybridized carbons (Fsp3) is 0.300. The normalized spacial score (nSPS) is 10.7. The molecular weight excluding hydrogens is 376 g/mol. The summed E-state index contributed by atoms with van der Waals surface area (Å²) in [7, 11) is 0. The van der Waals surface area contributed by atoms with Gasteiger partial charge in [-0.05, 0) is 38.0 Å². The zero-order chi connectivity index (χ0) is 19.9. The Morgan fingerprint density at radius 3 is 2.75 bits per heavy atom. The molecule has 2 aromatic heterocycles. The summed E-state index contributed by atoms with van der Waals surface area (Å²) in [5.74, 6) is 1.46. The molecule has 0 aliphatic rings. The number of carbonyl (C=O) groups excluding carboxylic acids is 1. The monoisotopic (exact) mass is 398 g/mol. The first-order valence-electron chi connectivity index (χ1n) is 9.11. The van der Waals surface area contributed by atoms with E-state index in [9.17, 15) is 4.79 Å². The molecular formula is C20H23ClN6O. The Kier molecular flexibility index (Phi) is 6.60. The van der Waals surface area contributed by atoms with Crippen molar-refractivity contribution in [3.05, 3.63) is 65.0 Å². The Labute approximate surface area is 169 Å². The van der Waals surface area contributed by atoms with Gasteiger partial charge in [0.15, 0.2) is 0 Å². The van der Waals surface area contributed by atoms with Crippen LogP contribution in [0, 0.1) is 13.8 Å². The first-order chi connectivity index (χ1) is 13.5. The standard InChI is InChI=1S/C20H23ClN6O/c1-14-15(2)27(13-26-14)19-11-18(24-12-25-19)22-8-9-23-20(28)7-6-16-4-3-5-17(21)10-16/h3-5,10-13H,6-9H2,1-2H3,(H,23,28)(H,22,24,25). The lowest BCUT2D eigenvalue weighted by Gasteiger charge is -2.09. The van der Waals surface area contributed by atoms with Gasteiger partial charge in [0.2, 0.25) is 5.91 Å². The molecule has 1 aromatic carbocycles. The molecule has 0 radical (unpaired) electrons. The third kappa shape index (κ3) is 5.29. The van der Waals surface area contributed by atoms with E-state index in [1.807, 2.05) is 48.7 Å². The Bertz CT molecular complexity index is 955. The van der Waals surface area contributed by atoms with Gasteiger partial charge in [0.1, 0.15) is 24.3 Å². The number of anilines is 1. The fourth-order valence-corrected chi connectivity index (χ4v) is 2.95. The number of rotatable bonds is 8. The summed E-state index contributed by atoms with van der Waals surface area (Å²) in [6.45, 7) is 5.04. The van der Waals surface area contributed by atoms with Gasteiger partial charge in [-0.1, -0.05) is 23.7 Å². The number of nitrogens with zero attached hydrogens (tertiary/aromatic N) is 4. The third-order valence-electron chi connectivity index (χ3n) is 4.43. The van der Waals surface area contributed by atoms with Crippen LogP contribution >= 0.6 is 11.6 Å². The molecule has 28 heavy (non-hydrogen) atoms. The second kappa shape index (κ2) is 9.32. The molecule has 2 N–H and O–H groups in total. The second-order valence-corrected chi connectivity index (χ2v) is 6.89. The number of imidazole rings is 1. The van der Waals surface area contributed by atoms with Crippen LogP contribution in [0.15, 0.2) is 43.0 Å². The van der Waals surface area contributed by atoms with Crippen molar-refractivity contribution in [2.45, 2.75) is 26.7 Å². The lowest BCUT2D eigenvalue weighted by molar-refractivity contribution is -0.120. The van der Waals surface area contributed by atoms with Crippen LogP contribution in [0.5, 0.6) is 0 Å². The molecule has 3 rings (SSSR count). The largest absolute Gasteiger partial charge is 0.368 e. The summed E-state index contributed by atoms with van der Waals surface area (Å²) < 4.78 is 1.92. The van der Waals surface area contributed by atoms with E-state index in [0.29, 0.717) is 36.8 Å². The maximum atomic E-state index is 12.0. The van der Waals surface area contributed by atoms with Crippen molar-refractivity contribution in [3.63, 3.8) is 0 Å². The van der Waals surface area contributed by atoms with Crippen molar-refractivity contribution < 1.29 is 4.79 Å². The van der Waals surface area contributed by atoms with E-state index in [-0.39, 0.29) is 5.91 Å². The van der Waals surface area contributed by atoms with E-state index in [4.69, 9.17) is 11.6 Å². The number of carbonyl (C=O) groups is 1. The van der Waals surface area contributed by atoms with Crippen LogP contribution in [0.3, 0.4) is 0 Å². The predicted octanol–water partition coefficient (Wildman–Crippen LogP) is 3.09. The maximum Gasteiger partial charge on any atom is 0.220 e. The number of hydrogen-bond donors (Lipinski definition) is 2. The molecule has 0 saturated heterocycles. The van der Waals surface area contributed by atoms with Gasteiger partial charge in [-0.15, -0.1) is 0 Å². The fourth-order valence-electron chi connectivity index (χ4n) is 2.74. The zero-order valence-electron chi connectivity index (χ0n) is 15.9. The minimum absolute atomic E-state index is 0.00895. The van der Waals surface area contributed by atoms with Crippen LogP contribution in [-0.2, 0) is 11.2 Å². The highest BCUT2D eigenvalue weighted by Crippen LogP contribution is 2.14. The van der Waals surface area contributed by atoms with E-state index < -0.39 is 0 Å². The quantitative estimate of drug-likeness (QED) is 0.569. The van der Waals surface area contributed by atoms with Crippen LogP contribution in [-0.4, -0.2) is 38.5 Å². The summed E-state index contributed by atoms with van der Waals surface area (Å²) in [5.41, 5.74) is 3.06. The molecule has 0 saturated carbocycles. The number of aromatic nitrogens is 4. The molecule has 0 aliphatic heterocycles. The molecule has 146 valence electrons. The molecule has 0 fully saturated rings. The summed E-state index contributed by atoms with van der Waals surface area (Å²) >= 11 is 5.96. The summed E-state index contributed by atoms with van der Waals surface area (Å²) in [5, 5.41) is 6.79. The number of nitrogens with one attached hydrogen (secondary N) is 2. The van der Waals surface area contributed by atoms with Crippen LogP contribution in [0.1, 0.15) is 23.4 Å². The maximum absolute atomic E-state index is 12.0. The molecule has 0 spiro atoms. The van der Waals surface area contributed by atoms with Crippen LogP contribution < -0.4 is 10.6 Å². The zero-order valence-corrected chi connectivity index (χ0v) is 16.7. The summed E-state index contributed by atoms with van der Waals surface area (Å²) in [6, 6.07) is 9.42. The topological polar surface area (TPSA) is 84.7 Å². The Hall–Kier alpha value is -2.93. The van der Waals surface area contributed by atoms with Crippen molar-refractivity contribution in [1.82, 2.24) is 24.8 Å². The minimum Gasteiger partial charge on any atom is -0.368 e. The average molecular weight is 399 g/mol. The van der Waals surface area contributed by atoms with Crippen LogP contribution in [0.2, 0.25) is 5.02 Å². The number of benzene rings is 1. The van der Waals surface area contributed by atoms with Gasteiger partial charge in [-0.3, -0.25) is 9.36 Å². The van der Waals surface area contributed by atoms with E-state index >= 15 is 0 Å². The van der Waals surface area contributed by atoms with Crippen molar-refractivity contribution in [3.8, 4) is 5.82 Å². The van der Waals surface area contributed by atoms with Gasteiger partial charge in [0.25, 0.3) is 0 Å². The smallest absolute Gasteiger partial charge is 0.220 e. The molecule has 7 nitrogen and oxygen atoms in total. The Morgan fingerprint density at radius 1 is 1.14 bits per heavy atom. The molecule has 2 heterocycles. The molecule has 3 aromatic rings. The number of hydrogen-bond acceptors (Lipinski definition) is 5. The van der Waals surface area contributed by atoms with Crippen LogP contribution in [0.25, 0.3) is 5.82 Å². The highest BCUT2D eigenvalue weighted by atomic mass is 35.5. The molecule has 8 heteroatoms. The van der Waals surface area contributed by atoms with E-state index in [0.717, 1.165) is 22.8 Å². The van der Waals surface area contributed by atoms with E-state index in [1.54, 1.807) is 6.33 Å². The van der Waals surface area contributed by atoms with Gasteiger partial charge >= 0.3 is 0 Å². The van der Waals surface area contributed by atoms with Gasteiger partial charge < -0.3 is 10.6 Å². The molecule has 0 aliphatic carbocycles. The predicted molar refractivity (Wildman–Crippen MR) is 110 cm³/mol. The summed E-state index contributed by atoms with van der Waals surface area (Å²) in [4.78, 5) is 24.8. The summed E-state index contributed by atoms with van der Waals surface area (Å²) in [6.07, 6.45) is 4.35. The minimum atomic E-state index is 0.00895. The van der Waals surface area contributed by atoms with Crippen molar-refractivity contribution in [1.29, 1.82) is 0 Å². The van der Waals surface area contributed by atoms with Gasteiger partial charge in [-0.2, -0.15) is 0 Å². The number of aryl methyl sites for hydroxylation is 2.